The molecule has 1 aromatic carbocycles. The summed E-state index contributed by atoms with van der Waals surface area (Å²) >= 11 is 0. The minimum absolute atomic E-state index is 0.0943. The fourth-order valence-corrected chi connectivity index (χ4v) is 3.09. The second-order valence-electron chi connectivity index (χ2n) is 5.83. The molecule has 1 heterocycles. The van der Waals surface area contributed by atoms with Crippen molar-refractivity contribution in [2.24, 2.45) is 5.92 Å². The molecule has 1 N–H and O–H groups in total. The van der Waals surface area contributed by atoms with Crippen molar-refractivity contribution in [3.8, 4) is 0 Å². The molecule has 0 amide bonds. The van der Waals surface area contributed by atoms with Crippen molar-refractivity contribution in [1.82, 2.24) is 5.32 Å². The third-order valence-corrected chi connectivity index (χ3v) is 4.08. The van der Waals surface area contributed by atoms with Crippen LogP contribution in [-0.4, -0.2) is 19.1 Å². The standard InChI is InChI=1S/C16H25FN2/c1-5-18-13(4)14-6-7-16(15(17)9-14)19-10-11(2)8-12(19)3/h6-7,9,11-13,18H,5,8,10H2,1-4H3. The number of halogens is 1. The van der Waals surface area contributed by atoms with E-state index in [4.69, 9.17) is 0 Å². The molecule has 3 heteroatoms. The molecule has 3 unspecified atom stereocenters. The smallest absolute Gasteiger partial charge is 0.146 e. The number of nitrogens with zero attached hydrogens (tertiary/aromatic N) is 1. The third-order valence-electron chi connectivity index (χ3n) is 4.08. The van der Waals surface area contributed by atoms with Crippen LogP contribution in [-0.2, 0) is 0 Å². The molecule has 0 saturated carbocycles. The largest absolute Gasteiger partial charge is 0.366 e. The van der Waals surface area contributed by atoms with Gasteiger partial charge < -0.3 is 10.2 Å². The van der Waals surface area contributed by atoms with Crippen LogP contribution >= 0.6 is 0 Å². The topological polar surface area (TPSA) is 15.3 Å². The number of anilines is 1. The van der Waals surface area contributed by atoms with Crippen molar-refractivity contribution in [3.63, 3.8) is 0 Å². The van der Waals surface area contributed by atoms with E-state index in [0.29, 0.717) is 12.0 Å². The Labute approximate surface area is 116 Å². The lowest BCUT2D eigenvalue weighted by Gasteiger charge is -2.25. The van der Waals surface area contributed by atoms with Gasteiger partial charge in [-0.25, -0.2) is 4.39 Å². The summed E-state index contributed by atoms with van der Waals surface area (Å²) in [6, 6.07) is 6.29. The summed E-state index contributed by atoms with van der Waals surface area (Å²) in [7, 11) is 0. The zero-order valence-corrected chi connectivity index (χ0v) is 12.4. The van der Waals surface area contributed by atoms with E-state index in [1.165, 1.54) is 0 Å². The maximum absolute atomic E-state index is 14.3. The average Bonchev–Trinajstić information content (AvgIpc) is 2.68. The van der Waals surface area contributed by atoms with Gasteiger partial charge in [-0.2, -0.15) is 0 Å². The van der Waals surface area contributed by atoms with Crippen LogP contribution in [0.5, 0.6) is 0 Å². The van der Waals surface area contributed by atoms with E-state index in [2.05, 4.69) is 37.9 Å². The van der Waals surface area contributed by atoms with Crippen molar-refractivity contribution in [2.75, 3.05) is 18.0 Å². The highest BCUT2D eigenvalue weighted by Crippen LogP contribution is 2.31. The van der Waals surface area contributed by atoms with E-state index in [-0.39, 0.29) is 11.9 Å². The number of rotatable bonds is 4. The van der Waals surface area contributed by atoms with Crippen LogP contribution in [0, 0.1) is 11.7 Å². The Hall–Kier alpha value is -1.09. The number of hydrogen-bond acceptors (Lipinski definition) is 2. The summed E-state index contributed by atoms with van der Waals surface area (Å²) in [5, 5.41) is 3.31. The molecule has 106 valence electrons. The summed E-state index contributed by atoms with van der Waals surface area (Å²) in [5.41, 5.74) is 1.77. The molecule has 1 aromatic rings. The zero-order valence-electron chi connectivity index (χ0n) is 12.4. The Morgan fingerprint density at radius 2 is 2.16 bits per heavy atom. The number of hydrogen-bond donors (Lipinski definition) is 1. The number of benzene rings is 1. The average molecular weight is 264 g/mol. The minimum Gasteiger partial charge on any atom is -0.366 e. The normalized spacial score (nSPS) is 24.8. The minimum atomic E-state index is -0.0943. The highest BCUT2D eigenvalue weighted by atomic mass is 19.1. The lowest BCUT2D eigenvalue weighted by Crippen LogP contribution is -2.27. The second kappa shape index (κ2) is 5.91. The summed E-state index contributed by atoms with van der Waals surface area (Å²) in [6.45, 7) is 10.4. The highest BCUT2D eigenvalue weighted by molar-refractivity contribution is 5.51. The summed E-state index contributed by atoms with van der Waals surface area (Å²) in [5.74, 6) is 0.554. The van der Waals surface area contributed by atoms with E-state index in [1.807, 2.05) is 12.1 Å². The lowest BCUT2D eigenvalue weighted by atomic mass is 10.1. The monoisotopic (exact) mass is 264 g/mol. The highest BCUT2D eigenvalue weighted by Gasteiger charge is 2.28. The molecule has 0 radical (unpaired) electrons. The first-order valence-electron chi connectivity index (χ1n) is 7.32. The van der Waals surface area contributed by atoms with Gasteiger partial charge in [0.15, 0.2) is 0 Å². The van der Waals surface area contributed by atoms with Gasteiger partial charge in [-0.15, -0.1) is 0 Å². The fourth-order valence-electron chi connectivity index (χ4n) is 3.09. The van der Waals surface area contributed by atoms with Gasteiger partial charge in [0.05, 0.1) is 5.69 Å². The van der Waals surface area contributed by atoms with Crippen molar-refractivity contribution in [2.45, 2.75) is 46.2 Å². The molecule has 2 nitrogen and oxygen atoms in total. The van der Waals surface area contributed by atoms with E-state index in [9.17, 15) is 4.39 Å². The maximum atomic E-state index is 14.3. The molecule has 19 heavy (non-hydrogen) atoms. The van der Waals surface area contributed by atoms with Crippen LogP contribution in [0.25, 0.3) is 0 Å². The van der Waals surface area contributed by atoms with Crippen LogP contribution in [0.1, 0.15) is 45.7 Å². The van der Waals surface area contributed by atoms with Gasteiger partial charge in [-0.05, 0) is 50.4 Å². The Bertz CT molecular complexity index is 433. The fraction of sp³-hybridized carbons (Fsp3) is 0.625. The molecule has 2 rings (SSSR count). The molecular weight excluding hydrogens is 239 g/mol. The van der Waals surface area contributed by atoms with Crippen LogP contribution in [0.4, 0.5) is 10.1 Å². The van der Waals surface area contributed by atoms with Gasteiger partial charge in [0.1, 0.15) is 5.82 Å². The number of nitrogens with one attached hydrogen (secondary N) is 1. The van der Waals surface area contributed by atoms with Crippen LogP contribution in [0.3, 0.4) is 0 Å². The van der Waals surface area contributed by atoms with Gasteiger partial charge in [0.25, 0.3) is 0 Å². The first-order valence-corrected chi connectivity index (χ1v) is 7.32. The molecule has 0 spiro atoms. The first-order chi connectivity index (χ1) is 9.02. The zero-order chi connectivity index (χ0) is 14.0. The molecule has 1 aliphatic heterocycles. The third kappa shape index (κ3) is 3.08. The molecule has 1 aliphatic rings. The van der Waals surface area contributed by atoms with E-state index >= 15 is 0 Å². The predicted molar refractivity (Wildman–Crippen MR) is 79.1 cm³/mol. The van der Waals surface area contributed by atoms with E-state index < -0.39 is 0 Å². The van der Waals surface area contributed by atoms with Crippen LogP contribution < -0.4 is 10.2 Å². The van der Waals surface area contributed by atoms with E-state index in [1.54, 1.807) is 6.07 Å². The quantitative estimate of drug-likeness (QED) is 0.891. The Morgan fingerprint density at radius 3 is 2.68 bits per heavy atom. The van der Waals surface area contributed by atoms with Crippen LogP contribution in [0.15, 0.2) is 18.2 Å². The SMILES string of the molecule is CCNC(C)c1ccc(N2CC(C)CC2C)c(F)c1. The first kappa shape index (κ1) is 14.3. The van der Waals surface area contributed by atoms with Crippen molar-refractivity contribution >= 4 is 5.69 Å². The Kier molecular flexibility index (Phi) is 4.46. The lowest BCUT2D eigenvalue weighted by molar-refractivity contribution is 0.579. The molecule has 0 aromatic heterocycles. The van der Waals surface area contributed by atoms with Gasteiger partial charge in [0.2, 0.25) is 0 Å². The molecular formula is C16H25FN2. The molecule has 3 atom stereocenters. The Balaban J connectivity index is 2.20. The maximum Gasteiger partial charge on any atom is 0.146 e. The van der Waals surface area contributed by atoms with Gasteiger partial charge in [-0.3, -0.25) is 0 Å². The summed E-state index contributed by atoms with van der Waals surface area (Å²) in [4.78, 5) is 2.20. The van der Waals surface area contributed by atoms with Crippen molar-refractivity contribution in [1.29, 1.82) is 0 Å². The Morgan fingerprint density at radius 1 is 1.42 bits per heavy atom. The predicted octanol–water partition coefficient (Wildman–Crippen LogP) is 3.73. The molecule has 1 fully saturated rings. The van der Waals surface area contributed by atoms with Gasteiger partial charge in [0, 0.05) is 18.6 Å². The summed E-state index contributed by atoms with van der Waals surface area (Å²) < 4.78 is 14.3. The summed E-state index contributed by atoms with van der Waals surface area (Å²) in [6.07, 6.45) is 1.15. The van der Waals surface area contributed by atoms with Gasteiger partial charge >= 0.3 is 0 Å². The van der Waals surface area contributed by atoms with Crippen molar-refractivity contribution < 1.29 is 4.39 Å². The second-order valence-corrected chi connectivity index (χ2v) is 5.83. The van der Waals surface area contributed by atoms with Crippen LogP contribution in [0.2, 0.25) is 0 Å². The van der Waals surface area contributed by atoms with Crippen molar-refractivity contribution in [3.05, 3.63) is 29.6 Å². The van der Waals surface area contributed by atoms with Gasteiger partial charge in [-0.1, -0.05) is 19.9 Å². The molecule has 1 saturated heterocycles. The molecule has 0 aliphatic carbocycles. The molecule has 0 bridgehead atoms. The van der Waals surface area contributed by atoms with E-state index in [0.717, 1.165) is 30.8 Å².